The van der Waals surface area contributed by atoms with Gasteiger partial charge in [0.1, 0.15) is 22.3 Å². The lowest BCUT2D eigenvalue weighted by Crippen LogP contribution is -2.28. The molecule has 4 nitrogen and oxygen atoms in total. The van der Waals surface area contributed by atoms with Crippen molar-refractivity contribution in [2.75, 3.05) is 26.0 Å². The van der Waals surface area contributed by atoms with Gasteiger partial charge >= 0.3 is 0 Å². The predicted octanol–water partition coefficient (Wildman–Crippen LogP) is 5.00. The minimum atomic E-state index is -0.288. The summed E-state index contributed by atoms with van der Waals surface area (Å²) in [6, 6.07) is 4.61. The monoisotopic (exact) mass is 404 g/mol. The first kappa shape index (κ1) is 18.6. The number of likely N-dealkylation sites (N-methyl/N-ethyl adjacent to an activating group) is 1. The maximum Gasteiger partial charge on any atom is 0.138 e. The lowest BCUT2D eigenvalue weighted by Gasteiger charge is -2.26. The minimum absolute atomic E-state index is 0.212. The number of aryl methyl sites for hydroxylation is 3. The van der Waals surface area contributed by atoms with E-state index in [0.717, 1.165) is 34.7 Å². The van der Waals surface area contributed by atoms with Crippen LogP contribution in [0.25, 0.3) is 10.2 Å². The van der Waals surface area contributed by atoms with Gasteiger partial charge in [-0.1, -0.05) is 17.7 Å². The zero-order chi connectivity index (χ0) is 19.1. The molecule has 1 aliphatic carbocycles. The van der Waals surface area contributed by atoms with E-state index >= 15 is 0 Å². The molecular formula is C20H22ClFN4S. The van der Waals surface area contributed by atoms with Crippen molar-refractivity contribution in [1.29, 1.82) is 0 Å². The van der Waals surface area contributed by atoms with Crippen LogP contribution < -0.4 is 5.32 Å². The first-order valence-corrected chi connectivity index (χ1v) is 10.3. The van der Waals surface area contributed by atoms with Crippen LogP contribution in [0.5, 0.6) is 0 Å². The van der Waals surface area contributed by atoms with Crippen LogP contribution in [0.2, 0.25) is 5.02 Å². The van der Waals surface area contributed by atoms with Gasteiger partial charge in [0, 0.05) is 22.0 Å². The number of halogens is 2. The largest absolute Gasteiger partial charge is 0.367 e. The Morgan fingerprint density at radius 2 is 2.11 bits per heavy atom. The Morgan fingerprint density at radius 3 is 2.85 bits per heavy atom. The van der Waals surface area contributed by atoms with Crippen molar-refractivity contribution in [3.63, 3.8) is 0 Å². The molecule has 0 aliphatic heterocycles. The summed E-state index contributed by atoms with van der Waals surface area (Å²) in [7, 11) is 3.86. The first-order valence-electron chi connectivity index (χ1n) is 9.08. The van der Waals surface area contributed by atoms with Crippen molar-refractivity contribution in [2.45, 2.75) is 32.2 Å². The number of hydrogen-bond acceptors (Lipinski definition) is 5. The number of benzene rings is 1. The average Bonchev–Trinajstić information content (AvgIpc) is 3.17. The fourth-order valence-electron chi connectivity index (χ4n) is 3.80. The van der Waals surface area contributed by atoms with E-state index in [0.29, 0.717) is 17.1 Å². The summed E-state index contributed by atoms with van der Waals surface area (Å²) in [6.07, 6.45) is 3.39. The van der Waals surface area contributed by atoms with Crippen molar-refractivity contribution in [3.05, 3.63) is 50.9 Å². The van der Waals surface area contributed by atoms with Crippen LogP contribution in [0.15, 0.2) is 18.2 Å². The lowest BCUT2D eigenvalue weighted by atomic mass is 10.0. The zero-order valence-electron chi connectivity index (χ0n) is 15.6. The summed E-state index contributed by atoms with van der Waals surface area (Å²) in [4.78, 5) is 13.7. The molecule has 0 amide bonds. The number of rotatable bonds is 5. The third-order valence-corrected chi connectivity index (χ3v) is 6.61. The number of fused-ring (bicyclic) bond motifs is 3. The third-order valence-electron chi connectivity index (χ3n) is 5.10. The summed E-state index contributed by atoms with van der Waals surface area (Å²) in [5.74, 6) is 1.30. The molecule has 7 heteroatoms. The van der Waals surface area contributed by atoms with Crippen molar-refractivity contribution in [1.82, 2.24) is 14.9 Å². The highest BCUT2D eigenvalue weighted by atomic mass is 35.5. The van der Waals surface area contributed by atoms with E-state index in [1.807, 2.05) is 25.9 Å². The Balaban J connectivity index is 1.69. The zero-order valence-corrected chi connectivity index (χ0v) is 17.2. The van der Waals surface area contributed by atoms with Crippen LogP contribution in [0, 0.1) is 12.7 Å². The molecule has 1 aromatic carbocycles. The molecule has 3 aromatic rings. The van der Waals surface area contributed by atoms with E-state index in [1.165, 1.54) is 22.9 Å². The molecule has 0 radical (unpaired) electrons. The first-order chi connectivity index (χ1) is 13.0. The SMILES string of the molecule is Cc1nc(NCC(c2c(F)cccc2Cl)N(C)C)c2c3c(sc2n1)CCC3. The smallest absolute Gasteiger partial charge is 0.138 e. The fraction of sp³-hybridized carbons (Fsp3) is 0.400. The predicted molar refractivity (Wildman–Crippen MR) is 111 cm³/mol. The minimum Gasteiger partial charge on any atom is -0.367 e. The van der Waals surface area contributed by atoms with Crippen LogP contribution in [0.4, 0.5) is 10.2 Å². The fourth-order valence-corrected chi connectivity index (χ4v) is 5.39. The number of thiophene rings is 1. The van der Waals surface area contributed by atoms with Gasteiger partial charge in [0.25, 0.3) is 0 Å². The number of nitrogens with zero attached hydrogens (tertiary/aromatic N) is 3. The summed E-state index contributed by atoms with van der Waals surface area (Å²) in [5.41, 5.74) is 1.89. The van der Waals surface area contributed by atoms with Gasteiger partial charge in [-0.15, -0.1) is 11.3 Å². The van der Waals surface area contributed by atoms with E-state index in [1.54, 1.807) is 23.5 Å². The van der Waals surface area contributed by atoms with Gasteiger partial charge in [0.05, 0.1) is 11.4 Å². The normalized spacial score (nSPS) is 14.7. The van der Waals surface area contributed by atoms with Gasteiger partial charge < -0.3 is 10.2 Å². The molecular weight excluding hydrogens is 383 g/mol. The van der Waals surface area contributed by atoms with Crippen LogP contribution in [0.3, 0.4) is 0 Å². The maximum absolute atomic E-state index is 14.5. The van der Waals surface area contributed by atoms with Gasteiger partial charge in [-0.2, -0.15) is 0 Å². The van der Waals surface area contributed by atoms with Crippen molar-refractivity contribution in [3.8, 4) is 0 Å². The average molecular weight is 405 g/mol. The van der Waals surface area contributed by atoms with E-state index in [4.69, 9.17) is 11.6 Å². The van der Waals surface area contributed by atoms with Crippen LogP contribution in [-0.4, -0.2) is 35.5 Å². The van der Waals surface area contributed by atoms with Gasteiger partial charge in [-0.05, 0) is 58.0 Å². The molecule has 0 bridgehead atoms. The van der Waals surface area contributed by atoms with E-state index < -0.39 is 0 Å². The molecule has 1 unspecified atom stereocenters. The number of hydrogen-bond donors (Lipinski definition) is 1. The third kappa shape index (κ3) is 3.42. The molecule has 27 heavy (non-hydrogen) atoms. The van der Waals surface area contributed by atoms with Gasteiger partial charge in [0.15, 0.2) is 0 Å². The summed E-state index contributed by atoms with van der Waals surface area (Å²) in [6.45, 7) is 2.41. The summed E-state index contributed by atoms with van der Waals surface area (Å²) < 4.78 is 14.5. The second-order valence-corrected chi connectivity index (χ2v) is 8.64. The van der Waals surface area contributed by atoms with Gasteiger partial charge in [0.2, 0.25) is 0 Å². The molecule has 1 N–H and O–H groups in total. The maximum atomic E-state index is 14.5. The molecule has 0 saturated heterocycles. The van der Waals surface area contributed by atoms with Crippen molar-refractivity contribution >= 4 is 39.0 Å². The quantitative estimate of drug-likeness (QED) is 0.650. The highest BCUT2D eigenvalue weighted by Gasteiger charge is 2.24. The molecule has 1 aliphatic rings. The van der Waals surface area contributed by atoms with Crippen LogP contribution in [-0.2, 0) is 12.8 Å². The van der Waals surface area contributed by atoms with Crippen LogP contribution in [0.1, 0.15) is 34.3 Å². The molecule has 0 saturated carbocycles. The number of anilines is 1. The Kier molecular flexibility index (Phi) is 5.05. The van der Waals surface area contributed by atoms with Crippen molar-refractivity contribution in [2.24, 2.45) is 0 Å². The Labute approximate surface area is 167 Å². The standard InChI is InChI=1S/C20H22ClFN4S/c1-11-24-19(17-12-6-4-9-16(12)27-20(17)25-11)23-10-15(26(2)3)18-13(21)7-5-8-14(18)22/h5,7-8,15H,4,6,9-10H2,1-3H3,(H,23,24,25). The molecule has 1 atom stereocenters. The van der Waals surface area contributed by atoms with Crippen LogP contribution >= 0.6 is 22.9 Å². The number of aromatic nitrogens is 2. The van der Waals surface area contributed by atoms with E-state index in [2.05, 4.69) is 15.3 Å². The summed E-state index contributed by atoms with van der Waals surface area (Å²) in [5, 5.41) is 5.04. The van der Waals surface area contributed by atoms with Gasteiger partial charge in [-0.25, -0.2) is 14.4 Å². The Bertz CT molecular complexity index is 981. The van der Waals surface area contributed by atoms with Gasteiger partial charge in [-0.3, -0.25) is 0 Å². The number of nitrogens with one attached hydrogen (secondary N) is 1. The molecule has 0 spiro atoms. The second kappa shape index (κ2) is 7.34. The second-order valence-electron chi connectivity index (χ2n) is 7.15. The highest BCUT2D eigenvalue weighted by Crippen LogP contribution is 2.39. The molecule has 142 valence electrons. The molecule has 2 heterocycles. The molecule has 0 fully saturated rings. The molecule has 2 aromatic heterocycles. The van der Waals surface area contributed by atoms with E-state index in [-0.39, 0.29) is 11.9 Å². The summed E-state index contributed by atoms with van der Waals surface area (Å²) >= 11 is 8.09. The Hall–Kier alpha value is -1.76. The molecule has 4 rings (SSSR count). The Morgan fingerprint density at radius 1 is 1.30 bits per heavy atom. The lowest BCUT2D eigenvalue weighted by molar-refractivity contribution is 0.304. The highest BCUT2D eigenvalue weighted by molar-refractivity contribution is 7.19. The van der Waals surface area contributed by atoms with Crippen molar-refractivity contribution < 1.29 is 4.39 Å². The topological polar surface area (TPSA) is 41.1 Å². The van der Waals surface area contributed by atoms with E-state index in [9.17, 15) is 4.39 Å².